The Hall–Kier alpha value is -7.88. The number of para-hydroxylation sites is 4. The molecule has 0 radical (unpaired) electrons. The molecule has 0 bridgehead atoms. The Morgan fingerprint density at radius 3 is 0.864 bits per heavy atom. The van der Waals surface area contributed by atoms with Crippen LogP contribution in [0.5, 0.6) is 0 Å². The van der Waals surface area contributed by atoms with Gasteiger partial charge in [-0.3, -0.25) is 0 Å². The molecule has 0 aliphatic carbocycles. The van der Waals surface area contributed by atoms with E-state index < -0.39 is 0 Å². The first-order valence-corrected chi connectivity index (χ1v) is 20.1. The summed E-state index contributed by atoms with van der Waals surface area (Å²) in [6.45, 7) is 0. The van der Waals surface area contributed by atoms with Gasteiger partial charge in [-0.25, -0.2) is 0 Å². The summed E-state index contributed by atoms with van der Waals surface area (Å²) in [5, 5.41) is 4.77. The van der Waals surface area contributed by atoms with E-state index in [0.717, 1.165) is 62.3 Å². The van der Waals surface area contributed by atoms with E-state index in [1.54, 1.807) is 0 Å². The molecule has 10 aromatic rings. The van der Waals surface area contributed by atoms with Crippen LogP contribution in [0.15, 0.2) is 249 Å². The van der Waals surface area contributed by atoms with Crippen LogP contribution in [-0.2, 0) is 0 Å². The molecule has 10 rings (SSSR count). The minimum Gasteiger partial charge on any atom is -0.310 e. The van der Waals surface area contributed by atoms with E-state index in [0.29, 0.717) is 0 Å². The van der Waals surface area contributed by atoms with Crippen LogP contribution in [0.25, 0.3) is 32.7 Å². The zero-order valence-corrected chi connectivity index (χ0v) is 32.5. The Labute approximate surface area is 345 Å². The molecule has 59 heavy (non-hydrogen) atoms. The molecule has 0 aliphatic rings. The molecule has 0 saturated carbocycles. The maximum Gasteiger partial charge on any atom is 0.0541 e. The van der Waals surface area contributed by atoms with E-state index in [9.17, 15) is 0 Å². The average Bonchev–Trinajstić information content (AvgIpc) is 3.32. The van der Waals surface area contributed by atoms with E-state index in [1.807, 2.05) is 0 Å². The maximum atomic E-state index is 2.37. The Balaban J connectivity index is 1.03. The Bertz CT molecular complexity index is 2920. The fraction of sp³-hybridized carbons (Fsp3) is 0. The minimum atomic E-state index is 1.09. The van der Waals surface area contributed by atoms with Gasteiger partial charge in [-0.2, -0.15) is 0 Å². The van der Waals surface area contributed by atoms with Crippen molar-refractivity contribution in [3.63, 3.8) is 0 Å². The van der Waals surface area contributed by atoms with Crippen molar-refractivity contribution in [3.8, 4) is 11.1 Å². The standard InChI is InChI=1S/C56H41N3/c1-5-20-45(21-6-1)57(46-22-7-2-8-23-46)55-40-41-56(53-30-16-15-29-52(53)55)59(48-26-11-4-12-27-48)50-38-34-43(35-39-50)42-32-36-49(37-33-42)58(47-24-9-3-10-25-47)54-31-17-19-44-18-13-14-28-51(44)54/h1-41H. The predicted molar refractivity (Wildman–Crippen MR) is 251 cm³/mol. The van der Waals surface area contributed by atoms with E-state index in [1.165, 1.54) is 21.5 Å². The highest BCUT2D eigenvalue weighted by atomic mass is 15.2. The molecular weight excluding hydrogens is 715 g/mol. The summed E-state index contributed by atoms with van der Waals surface area (Å²) in [6, 6.07) is 88.8. The summed E-state index contributed by atoms with van der Waals surface area (Å²) in [5.74, 6) is 0. The molecule has 0 heterocycles. The molecular formula is C56H41N3. The molecule has 0 aliphatic heterocycles. The van der Waals surface area contributed by atoms with Gasteiger partial charge in [-0.1, -0.05) is 158 Å². The second-order valence-corrected chi connectivity index (χ2v) is 14.6. The Morgan fingerprint density at radius 2 is 0.475 bits per heavy atom. The molecule has 3 heteroatoms. The molecule has 0 fully saturated rings. The van der Waals surface area contributed by atoms with Gasteiger partial charge >= 0.3 is 0 Å². The van der Waals surface area contributed by atoms with Gasteiger partial charge in [0.15, 0.2) is 0 Å². The van der Waals surface area contributed by atoms with Crippen LogP contribution in [0.4, 0.5) is 51.2 Å². The van der Waals surface area contributed by atoms with Gasteiger partial charge < -0.3 is 14.7 Å². The highest BCUT2D eigenvalue weighted by Crippen LogP contribution is 2.46. The number of hydrogen-bond donors (Lipinski definition) is 0. The number of benzene rings is 10. The van der Waals surface area contributed by atoms with Gasteiger partial charge in [0.05, 0.1) is 17.1 Å². The lowest BCUT2D eigenvalue weighted by Gasteiger charge is -2.30. The van der Waals surface area contributed by atoms with Gasteiger partial charge in [0.2, 0.25) is 0 Å². The monoisotopic (exact) mass is 755 g/mol. The first-order valence-electron chi connectivity index (χ1n) is 20.1. The van der Waals surface area contributed by atoms with E-state index in [2.05, 4.69) is 263 Å². The van der Waals surface area contributed by atoms with E-state index >= 15 is 0 Å². The third kappa shape index (κ3) is 6.96. The largest absolute Gasteiger partial charge is 0.310 e. The molecule has 0 spiro atoms. The van der Waals surface area contributed by atoms with Crippen molar-refractivity contribution < 1.29 is 0 Å². The smallest absolute Gasteiger partial charge is 0.0541 e. The van der Waals surface area contributed by atoms with Crippen LogP contribution >= 0.6 is 0 Å². The summed E-state index contributed by atoms with van der Waals surface area (Å²) in [4.78, 5) is 7.07. The number of nitrogens with zero attached hydrogens (tertiary/aromatic N) is 3. The topological polar surface area (TPSA) is 9.72 Å². The van der Waals surface area contributed by atoms with Crippen LogP contribution in [-0.4, -0.2) is 0 Å². The summed E-state index contributed by atoms with van der Waals surface area (Å²) in [6.07, 6.45) is 0. The second-order valence-electron chi connectivity index (χ2n) is 14.6. The van der Waals surface area contributed by atoms with Gasteiger partial charge in [-0.05, 0) is 108 Å². The fourth-order valence-corrected chi connectivity index (χ4v) is 8.26. The van der Waals surface area contributed by atoms with Crippen molar-refractivity contribution in [1.29, 1.82) is 0 Å². The molecule has 0 amide bonds. The molecule has 10 aromatic carbocycles. The number of rotatable bonds is 10. The SMILES string of the molecule is c1ccc(N(c2ccc(-c3ccc(N(c4ccccc4)c4ccc(N(c5ccccc5)c5ccccc5)c5ccccc45)cc3)cc2)c2cccc3ccccc23)cc1. The predicted octanol–water partition coefficient (Wildman–Crippen LogP) is 16.1. The van der Waals surface area contributed by atoms with Crippen molar-refractivity contribution in [2.45, 2.75) is 0 Å². The molecule has 0 atom stereocenters. The minimum absolute atomic E-state index is 1.09. The third-order valence-electron chi connectivity index (χ3n) is 11.0. The third-order valence-corrected chi connectivity index (χ3v) is 11.0. The zero-order chi connectivity index (χ0) is 39.4. The first kappa shape index (κ1) is 35.5. The molecule has 0 saturated heterocycles. The number of fused-ring (bicyclic) bond motifs is 2. The van der Waals surface area contributed by atoms with Crippen molar-refractivity contribution in [3.05, 3.63) is 249 Å². The number of hydrogen-bond acceptors (Lipinski definition) is 3. The first-order chi connectivity index (χ1) is 29.3. The highest BCUT2D eigenvalue weighted by Gasteiger charge is 2.21. The molecule has 0 N–H and O–H groups in total. The maximum absolute atomic E-state index is 2.37. The van der Waals surface area contributed by atoms with Crippen molar-refractivity contribution >= 4 is 72.7 Å². The molecule has 0 aromatic heterocycles. The lowest BCUT2D eigenvalue weighted by molar-refractivity contribution is 1.28. The lowest BCUT2D eigenvalue weighted by Crippen LogP contribution is -2.13. The van der Waals surface area contributed by atoms with Crippen LogP contribution in [0.3, 0.4) is 0 Å². The van der Waals surface area contributed by atoms with Crippen LogP contribution in [0.2, 0.25) is 0 Å². The zero-order valence-electron chi connectivity index (χ0n) is 32.5. The van der Waals surface area contributed by atoms with Crippen molar-refractivity contribution in [2.24, 2.45) is 0 Å². The molecule has 0 unspecified atom stereocenters. The number of anilines is 9. The fourth-order valence-electron chi connectivity index (χ4n) is 8.26. The van der Waals surface area contributed by atoms with Crippen LogP contribution in [0, 0.1) is 0 Å². The summed E-state index contributed by atoms with van der Waals surface area (Å²) in [7, 11) is 0. The van der Waals surface area contributed by atoms with Gasteiger partial charge in [0.25, 0.3) is 0 Å². The average molecular weight is 756 g/mol. The van der Waals surface area contributed by atoms with E-state index in [-0.39, 0.29) is 0 Å². The van der Waals surface area contributed by atoms with Gasteiger partial charge in [0, 0.05) is 50.3 Å². The second kappa shape index (κ2) is 15.9. The molecule has 3 nitrogen and oxygen atoms in total. The lowest BCUT2D eigenvalue weighted by atomic mass is 10.0. The summed E-state index contributed by atoms with van der Waals surface area (Å²) in [5.41, 5.74) is 12.3. The van der Waals surface area contributed by atoms with Gasteiger partial charge in [0.1, 0.15) is 0 Å². The van der Waals surface area contributed by atoms with Crippen LogP contribution < -0.4 is 14.7 Å². The quantitative estimate of drug-likeness (QED) is 0.138. The normalized spacial score (nSPS) is 11.1. The Kier molecular flexibility index (Phi) is 9.59. The van der Waals surface area contributed by atoms with Crippen LogP contribution in [0.1, 0.15) is 0 Å². The summed E-state index contributed by atoms with van der Waals surface area (Å²) >= 11 is 0. The van der Waals surface area contributed by atoms with Crippen molar-refractivity contribution in [2.75, 3.05) is 14.7 Å². The Morgan fingerprint density at radius 1 is 0.186 bits per heavy atom. The molecule has 280 valence electrons. The highest BCUT2D eigenvalue weighted by molar-refractivity contribution is 6.07. The van der Waals surface area contributed by atoms with Gasteiger partial charge in [-0.15, -0.1) is 0 Å². The van der Waals surface area contributed by atoms with E-state index in [4.69, 9.17) is 0 Å². The van der Waals surface area contributed by atoms with Crippen molar-refractivity contribution in [1.82, 2.24) is 0 Å². The summed E-state index contributed by atoms with van der Waals surface area (Å²) < 4.78 is 0.